The minimum Gasteiger partial charge on any atom is -0.373 e. The molecule has 0 heterocycles. The quantitative estimate of drug-likeness (QED) is 0.733. The molecule has 114 valence electrons. The van der Waals surface area contributed by atoms with E-state index in [9.17, 15) is 0 Å². The summed E-state index contributed by atoms with van der Waals surface area (Å²) in [4.78, 5) is 0. The van der Waals surface area contributed by atoms with Gasteiger partial charge in [0, 0.05) is 18.7 Å². The second-order valence-electron chi connectivity index (χ2n) is 7.55. The first-order valence-corrected chi connectivity index (χ1v) is 8.26. The second kappa shape index (κ2) is 7.64. The summed E-state index contributed by atoms with van der Waals surface area (Å²) in [5, 5.41) is 3.66. The average Bonchev–Trinajstić information content (AvgIpc) is 2.35. The molecular weight excluding hydrogens is 234 g/mol. The van der Waals surface area contributed by atoms with Crippen LogP contribution in [-0.4, -0.2) is 24.3 Å². The van der Waals surface area contributed by atoms with Crippen LogP contribution in [0.3, 0.4) is 0 Å². The van der Waals surface area contributed by atoms with Crippen LogP contribution in [0.4, 0.5) is 0 Å². The molecule has 1 fully saturated rings. The zero-order valence-corrected chi connectivity index (χ0v) is 13.8. The van der Waals surface area contributed by atoms with Gasteiger partial charge in [-0.25, -0.2) is 0 Å². The molecule has 1 aliphatic carbocycles. The summed E-state index contributed by atoms with van der Waals surface area (Å²) in [5.74, 6) is 0.693. The Balaban J connectivity index is 2.49. The van der Waals surface area contributed by atoms with Crippen molar-refractivity contribution in [2.45, 2.75) is 90.7 Å². The number of hydrogen-bond acceptors (Lipinski definition) is 2. The van der Waals surface area contributed by atoms with Gasteiger partial charge in [-0.2, -0.15) is 0 Å². The van der Waals surface area contributed by atoms with Crippen molar-refractivity contribution in [3.05, 3.63) is 0 Å². The van der Waals surface area contributed by atoms with Crippen LogP contribution in [0.1, 0.15) is 79.6 Å². The molecule has 0 aromatic heterocycles. The highest BCUT2D eigenvalue weighted by Crippen LogP contribution is 2.32. The molecule has 0 bridgehead atoms. The van der Waals surface area contributed by atoms with E-state index < -0.39 is 0 Å². The van der Waals surface area contributed by atoms with Gasteiger partial charge in [-0.3, -0.25) is 0 Å². The van der Waals surface area contributed by atoms with Crippen molar-refractivity contribution in [3.63, 3.8) is 0 Å². The first-order chi connectivity index (χ1) is 8.87. The molecule has 1 aliphatic rings. The van der Waals surface area contributed by atoms with Gasteiger partial charge in [0.25, 0.3) is 0 Å². The van der Waals surface area contributed by atoms with Gasteiger partial charge in [0.05, 0.1) is 5.60 Å². The average molecular weight is 269 g/mol. The van der Waals surface area contributed by atoms with Crippen LogP contribution in [0, 0.1) is 5.92 Å². The van der Waals surface area contributed by atoms with Crippen molar-refractivity contribution < 1.29 is 4.74 Å². The van der Waals surface area contributed by atoms with E-state index in [0.29, 0.717) is 5.92 Å². The van der Waals surface area contributed by atoms with Gasteiger partial charge in [-0.15, -0.1) is 0 Å². The largest absolute Gasteiger partial charge is 0.373 e. The fourth-order valence-electron chi connectivity index (χ4n) is 2.89. The van der Waals surface area contributed by atoms with Crippen molar-refractivity contribution in [1.82, 2.24) is 5.32 Å². The monoisotopic (exact) mass is 269 g/mol. The lowest BCUT2D eigenvalue weighted by molar-refractivity contribution is -0.0831. The van der Waals surface area contributed by atoms with Crippen LogP contribution < -0.4 is 5.32 Å². The van der Waals surface area contributed by atoms with Gasteiger partial charge in [0.1, 0.15) is 0 Å². The zero-order chi connectivity index (χ0) is 14.4. The number of nitrogens with one attached hydrogen (secondary N) is 1. The highest BCUT2D eigenvalue weighted by Gasteiger charge is 2.34. The Hall–Kier alpha value is -0.0800. The SMILES string of the molecule is CCCC(C)COC1(CNC(C)(C)C)CCCCC1. The Labute approximate surface area is 120 Å². The van der Waals surface area contributed by atoms with E-state index in [1.54, 1.807) is 0 Å². The molecule has 1 unspecified atom stereocenters. The normalized spacial score (nSPS) is 21.3. The van der Waals surface area contributed by atoms with E-state index in [0.717, 1.165) is 13.2 Å². The summed E-state index contributed by atoms with van der Waals surface area (Å²) in [6.07, 6.45) is 9.04. The molecule has 19 heavy (non-hydrogen) atoms. The number of hydrogen-bond donors (Lipinski definition) is 1. The molecule has 0 aromatic carbocycles. The van der Waals surface area contributed by atoms with E-state index in [-0.39, 0.29) is 11.1 Å². The van der Waals surface area contributed by atoms with E-state index in [2.05, 4.69) is 39.9 Å². The molecular formula is C17H35NO. The van der Waals surface area contributed by atoms with Crippen LogP contribution in [0.25, 0.3) is 0 Å². The van der Waals surface area contributed by atoms with Crippen LogP contribution in [-0.2, 0) is 4.74 Å². The molecule has 0 aromatic rings. The van der Waals surface area contributed by atoms with E-state index in [1.807, 2.05) is 0 Å². The molecule has 0 spiro atoms. The van der Waals surface area contributed by atoms with Gasteiger partial charge < -0.3 is 10.1 Å². The predicted molar refractivity (Wildman–Crippen MR) is 83.6 cm³/mol. The number of ether oxygens (including phenoxy) is 1. The van der Waals surface area contributed by atoms with Gasteiger partial charge >= 0.3 is 0 Å². The lowest BCUT2D eigenvalue weighted by atomic mass is 9.83. The Morgan fingerprint density at radius 1 is 1.16 bits per heavy atom. The first kappa shape index (κ1) is 17.0. The lowest BCUT2D eigenvalue weighted by Crippen LogP contribution is -2.50. The topological polar surface area (TPSA) is 21.3 Å². The molecule has 0 radical (unpaired) electrons. The molecule has 1 atom stereocenters. The molecule has 2 nitrogen and oxygen atoms in total. The van der Waals surface area contributed by atoms with E-state index in [1.165, 1.54) is 44.9 Å². The molecule has 0 amide bonds. The predicted octanol–water partition coefficient (Wildman–Crippen LogP) is 4.53. The van der Waals surface area contributed by atoms with Gasteiger partial charge in [-0.1, -0.05) is 39.5 Å². The van der Waals surface area contributed by atoms with Crippen molar-refractivity contribution in [1.29, 1.82) is 0 Å². The summed E-state index contributed by atoms with van der Waals surface area (Å²) < 4.78 is 6.42. The summed E-state index contributed by atoms with van der Waals surface area (Å²) in [7, 11) is 0. The molecule has 2 heteroatoms. The molecule has 1 rings (SSSR count). The Morgan fingerprint density at radius 3 is 2.32 bits per heavy atom. The maximum atomic E-state index is 6.42. The summed E-state index contributed by atoms with van der Waals surface area (Å²) in [5.41, 5.74) is 0.288. The fraction of sp³-hybridized carbons (Fsp3) is 1.00. The standard InChI is InChI=1S/C17H35NO/c1-6-10-15(2)13-19-17(11-8-7-9-12-17)14-18-16(3,4)5/h15,18H,6-14H2,1-5H3. The third-order valence-corrected chi connectivity index (χ3v) is 4.16. The molecule has 0 aliphatic heterocycles. The third-order valence-electron chi connectivity index (χ3n) is 4.16. The van der Waals surface area contributed by atoms with Gasteiger partial charge in [-0.05, 0) is 46.0 Å². The van der Waals surface area contributed by atoms with Crippen LogP contribution >= 0.6 is 0 Å². The van der Waals surface area contributed by atoms with Crippen molar-refractivity contribution in [2.24, 2.45) is 5.92 Å². The maximum Gasteiger partial charge on any atom is 0.0806 e. The summed E-state index contributed by atoms with van der Waals surface area (Å²) in [6.45, 7) is 13.2. The highest BCUT2D eigenvalue weighted by atomic mass is 16.5. The molecule has 1 N–H and O–H groups in total. The van der Waals surface area contributed by atoms with Crippen LogP contribution in [0.5, 0.6) is 0 Å². The van der Waals surface area contributed by atoms with Gasteiger partial charge in [0.2, 0.25) is 0 Å². The molecule has 0 saturated heterocycles. The Bertz CT molecular complexity index is 238. The first-order valence-electron chi connectivity index (χ1n) is 8.26. The smallest absolute Gasteiger partial charge is 0.0806 e. The highest BCUT2D eigenvalue weighted by molar-refractivity contribution is 4.89. The zero-order valence-electron chi connectivity index (χ0n) is 13.8. The summed E-state index contributed by atoms with van der Waals surface area (Å²) in [6, 6.07) is 0. The Morgan fingerprint density at radius 2 is 1.79 bits per heavy atom. The van der Waals surface area contributed by atoms with Crippen LogP contribution in [0.15, 0.2) is 0 Å². The van der Waals surface area contributed by atoms with Crippen molar-refractivity contribution >= 4 is 0 Å². The molecule has 1 saturated carbocycles. The van der Waals surface area contributed by atoms with E-state index >= 15 is 0 Å². The third kappa shape index (κ3) is 6.76. The lowest BCUT2D eigenvalue weighted by Gasteiger charge is -2.40. The number of rotatable bonds is 7. The van der Waals surface area contributed by atoms with Crippen molar-refractivity contribution in [3.8, 4) is 0 Å². The maximum absolute atomic E-state index is 6.42. The summed E-state index contributed by atoms with van der Waals surface area (Å²) >= 11 is 0. The fourth-order valence-corrected chi connectivity index (χ4v) is 2.89. The Kier molecular flexibility index (Phi) is 6.82. The van der Waals surface area contributed by atoms with Gasteiger partial charge in [0.15, 0.2) is 0 Å². The minimum absolute atomic E-state index is 0.105. The second-order valence-corrected chi connectivity index (χ2v) is 7.55. The van der Waals surface area contributed by atoms with E-state index in [4.69, 9.17) is 4.74 Å². The van der Waals surface area contributed by atoms with Crippen LogP contribution in [0.2, 0.25) is 0 Å². The van der Waals surface area contributed by atoms with Crippen molar-refractivity contribution in [2.75, 3.05) is 13.2 Å². The minimum atomic E-state index is 0.105.